The largest absolute Gasteiger partial charge is 0.394 e. The molecule has 4 aliphatic heterocycles. The highest BCUT2D eigenvalue weighted by molar-refractivity contribution is 5.62. The van der Waals surface area contributed by atoms with Gasteiger partial charge in [0.25, 0.3) is 0 Å². The van der Waals surface area contributed by atoms with E-state index in [9.17, 15) is 71.3 Å². The number of rotatable bonds is 16. The van der Waals surface area contributed by atoms with Gasteiger partial charge in [0, 0.05) is 5.41 Å². The zero-order valence-corrected chi connectivity index (χ0v) is 44.1. The third kappa shape index (κ3) is 10.6. The van der Waals surface area contributed by atoms with Crippen molar-refractivity contribution < 1.29 is 114 Å². The zero-order chi connectivity index (χ0) is 55.0. The maximum atomic E-state index is 14.2. The summed E-state index contributed by atoms with van der Waals surface area (Å²) in [6.45, 7) is 11.7. The van der Waals surface area contributed by atoms with Crippen LogP contribution in [0.4, 0.5) is 0 Å². The molecule has 0 spiro atoms. The van der Waals surface area contributed by atoms with Crippen molar-refractivity contribution in [3.05, 3.63) is 12.2 Å². The molecule has 432 valence electrons. The van der Waals surface area contributed by atoms with Crippen LogP contribution in [-0.4, -0.2) is 227 Å². The van der Waals surface area contributed by atoms with Crippen molar-refractivity contribution in [3.8, 4) is 0 Å². The summed E-state index contributed by atoms with van der Waals surface area (Å²) in [5.41, 5.74) is -4.97. The molecule has 0 amide bonds. The quantitative estimate of drug-likeness (QED) is 0.0282. The normalized spacial score (nSPS) is 51.1. The first kappa shape index (κ1) is 59.6. The second-order valence-electron chi connectivity index (χ2n) is 24.8. The van der Waals surface area contributed by atoms with Crippen molar-refractivity contribution in [2.45, 2.75) is 234 Å². The molecule has 23 heteroatoms. The van der Waals surface area contributed by atoms with Crippen LogP contribution in [0.25, 0.3) is 0 Å². The lowest BCUT2D eigenvalue weighted by Gasteiger charge is -2.69. The zero-order valence-electron chi connectivity index (χ0n) is 44.1. The maximum Gasteiger partial charge on any atom is 0.187 e. The summed E-state index contributed by atoms with van der Waals surface area (Å²) in [7, 11) is 0. The standard InChI is InChI=1S/C52H86O23/c1-24-33(57)36(60)40(64)45(70-24)74-42-41(73-43-38(62)34(58)27(55)20-67-43)28(56)21-68-46(42)72-32-13-18-51(22-54)30(48(32,4)5)12-17-50(7)31(51)10-9-25-26(11-16-49(25,50)6)52(65,15-8-14-47(2,3)75-66)23-69-44-39(63)37(61)35(59)29(19-53)71-44/h8,14,22,24-46,53,55-66H,9-13,15-21,23H2,1-7H3/b14-8+/t24-,25+,26-,27+,28-,29+,30?,31-,32-,33-,34-,35+,36+,37-,38+,39+,40+,41-,42+,43-,44+,45-,46-,49+,50+,51+,52+/m0/s1. The summed E-state index contributed by atoms with van der Waals surface area (Å²) in [6, 6.07) is 0. The van der Waals surface area contributed by atoms with Gasteiger partial charge in [-0.15, -0.1) is 0 Å². The number of fused-ring (bicyclic) bond motifs is 5. The smallest absolute Gasteiger partial charge is 0.187 e. The molecule has 8 aliphatic rings. The van der Waals surface area contributed by atoms with E-state index in [0.717, 1.165) is 12.7 Å². The molecule has 8 fully saturated rings. The molecule has 4 aliphatic carbocycles. The van der Waals surface area contributed by atoms with Gasteiger partial charge in [0.15, 0.2) is 25.2 Å². The molecule has 13 N–H and O–H groups in total. The number of carbonyl (C=O) groups excluding carboxylic acids is 1. The number of aldehydes is 1. The highest BCUT2D eigenvalue weighted by Gasteiger charge is 2.71. The monoisotopic (exact) mass is 1080 g/mol. The SMILES string of the molecule is C[C@@H]1O[C@@H](O[C@H]2[C@H](O[C@H]3CC[C@@]4(C=O)C(CC[C@]5(C)[C@@H]4CC[C@@H]4[C@@H]([C@@](O)(C/C=C/C(C)(C)OO)CO[C@@H]6O[C@H](CO)[C@@H](O)[C@H](O)[C@H]6O)CC[C@]45C)C3(C)C)OC[C@H](O)[C@@H]2O[C@@H]2OC[C@@H](O)[C@H](O)[C@H]2O)[C@H](O)[C@H](O)[C@H]1O. The molecule has 0 aromatic carbocycles. The lowest BCUT2D eigenvalue weighted by molar-refractivity contribution is -0.383. The first-order valence-electron chi connectivity index (χ1n) is 26.9. The summed E-state index contributed by atoms with van der Waals surface area (Å²) >= 11 is 0. The van der Waals surface area contributed by atoms with Gasteiger partial charge < -0.3 is 104 Å². The van der Waals surface area contributed by atoms with Crippen LogP contribution in [0.15, 0.2) is 12.2 Å². The van der Waals surface area contributed by atoms with Gasteiger partial charge in [0.1, 0.15) is 91.2 Å². The molecular weight excluding hydrogens is 993 g/mol. The number of ether oxygens (including phenoxy) is 8. The van der Waals surface area contributed by atoms with Crippen LogP contribution in [0.2, 0.25) is 0 Å². The molecule has 23 nitrogen and oxygen atoms in total. The lowest BCUT2D eigenvalue weighted by Crippen LogP contribution is -2.67. The predicted octanol–water partition coefficient (Wildman–Crippen LogP) is -1.25. The summed E-state index contributed by atoms with van der Waals surface area (Å²) < 4.78 is 48.6. The first-order valence-corrected chi connectivity index (χ1v) is 26.9. The molecule has 4 saturated carbocycles. The average Bonchev–Trinajstić information content (AvgIpc) is 3.75. The van der Waals surface area contributed by atoms with Crippen molar-refractivity contribution in [2.24, 2.45) is 45.3 Å². The van der Waals surface area contributed by atoms with Crippen molar-refractivity contribution in [1.82, 2.24) is 0 Å². The fourth-order valence-electron chi connectivity index (χ4n) is 15.4. The van der Waals surface area contributed by atoms with Crippen LogP contribution >= 0.6 is 0 Å². The molecular formula is C52H86O23. The molecule has 27 atom stereocenters. The van der Waals surface area contributed by atoms with Crippen molar-refractivity contribution in [3.63, 3.8) is 0 Å². The van der Waals surface area contributed by atoms with Crippen LogP contribution in [0, 0.1) is 45.3 Å². The van der Waals surface area contributed by atoms with Gasteiger partial charge in [-0.3, -0.25) is 5.26 Å². The van der Waals surface area contributed by atoms with Crippen LogP contribution in [0.1, 0.15) is 106 Å². The Balaban J connectivity index is 1.03. The second kappa shape index (κ2) is 22.5. The lowest BCUT2D eigenvalue weighted by atomic mass is 9.35. The van der Waals surface area contributed by atoms with Gasteiger partial charge >= 0.3 is 0 Å². The highest BCUT2D eigenvalue weighted by Crippen LogP contribution is 2.75. The number of aliphatic hydroxyl groups is 12. The number of hydrogen-bond acceptors (Lipinski definition) is 23. The fourth-order valence-corrected chi connectivity index (χ4v) is 15.4. The maximum absolute atomic E-state index is 14.2. The van der Waals surface area contributed by atoms with Gasteiger partial charge in [-0.25, -0.2) is 4.89 Å². The van der Waals surface area contributed by atoms with E-state index in [4.69, 9.17) is 37.9 Å². The second-order valence-corrected chi connectivity index (χ2v) is 24.8. The topological polar surface area (TPSA) is 363 Å². The Labute approximate surface area is 437 Å². The molecule has 0 bridgehead atoms. The van der Waals surface area contributed by atoms with Crippen molar-refractivity contribution >= 4 is 6.29 Å². The van der Waals surface area contributed by atoms with E-state index in [0.29, 0.717) is 44.9 Å². The molecule has 8 rings (SSSR count). The van der Waals surface area contributed by atoms with Crippen LogP contribution in [0.5, 0.6) is 0 Å². The third-order valence-electron chi connectivity index (χ3n) is 20.0. The van der Waals surface area contributed by atoms with E-state index in [2.05, 4.69) is 32.6 Å². The van der Waals surface area contributed by atoms with E-state index in [1.807, 2.05) is 0 Å². The van der Waals surface area contributed by atoms with Crippen molar-refractivity contribution in [1.29, 1.82) is 0 Å². The Morgan fingerprint density at radius 2 is 1.27 bits per heavy atom. The summed E-state index contributed by atoms with van der Waals surface area (Å²) in [5.74, 6) is -0.717. The minimum Gasteiger partial charge on any atom is -0.394 e. The summed E-state index contributed by atoms with van der Waals surface area (Å²) in [5, 5.41) is 139. The Hall–Kier alpha value is -1.47. The molecule has 4 heterocycles. The summed E-state index contributed by atoms with van der Waals surface area (Å²) in [6.07, 6.45) is -18.5. The van der Waals surface area contributed by atoms with Gasteiger partial charge in [-0.05, 0) is 118 Å². The van der Waals surface area contributed by atoms with E-state index >= 15 is 0 Å². The molecule has 0 aromatic heterocycles. The Bertz CT molecular complexity index is 1960. The number of hydrogen-bond donors (Lipinski definition) is 13. The Morgan fingerprint density at radius 3 is 1.95 bits per heavy atom. The predicted molar refractivity (Wildman–Crippen MR) is 256 cm³/mol. The van der Waals surface area contributed by atoms with E-state index in [-0.39, 0.29) is 48.7 Å². The number of aliphatic hydroxyl groups excluding tert-OH is 11. The van der Waals surface area contributed by atoms with Crippen LogP contribution < -0.4 is 0 Å². The average molecular weight is 1080 g/mol. The van der Waals surface area contributed by atoms with Crippen LogP contribution in [0.3, 0.4) is 0 Å². The molecule has 4 saturated heterocycles. The van der Waals surface area contributed by atoms with Crippen molar-refractivity contribution in [2.75, 3.05) is 26.4 Å². The molecule has 75 heavy (non-hydrogen) atoms. The molecule has 1 unspecified atom stereocenters. The summed E-state index contributed by atoms with van der Waals surface area (Å²) in [4.78, 5) is 18.8. The van der Waals surface area contributed by atoms with Crippen LogP contribution in [-0.2, 0) is 47.6 Å². The van der Waals surface area contributed by atoms with E-state index in [1.54, 1.807) is 26.0 Å². The Morgan fingerprint density at radius 1 is 0.640 bits per heavy atom. The highest BCUT2D eigenvalue weighted by atomic mass is 17.1. The molecule has 0 radical (unpaired) electrons. The fraction of sp³-hybridized carbons (Fsp3) is 0.942. The van der Waals surface area contributed by atoms with Gasteiger partial charge in [0.05, 0.1) is 44.2 Å². The van der Waals surface area contributed by atoms with Gasteiger partial charge in [0.2, 0.25) is 0 Å². The minimum atomic E-state index is -1.78. The first-order chi connectivity index (χ1) is 35.1. The molecule has 0 aromatic rings. The minimum absolute atomic E-state index is 0.0506. The number of carbonyl (C=O) groups is 1. The van der Waals surface area contributed by atoms with Gasteiger partial charge in [-0.1, -0.05) is 39.8 Å². The Kier molecular flexibility index (Phi) is 17.9. The third-order valence-corrected chi connectivity index (χ3v) is 20.0. The van der Waals surface area contributed by atoms with E-state index < -0.39 is 157 Å². The van der Waals surface area contributed by atoms with E-state index in [1.165, 1.54) is 6.92 Å². The van der Waals surface area contributed by atoms with Gasteiger partial charge in [-0.2, -0.15) is 0 Å².